The number of aromatic nitrogens is 2. The zero-order valence-corrected chi connectivity index (χ0v) is 10.9. The highest BCUT2D eigenvalue weighted by atomic mass is 32.1. The number of nitrogens with zero attached hydrogens (tertiary/aromatic N) is 3. The number of rotatable bonds is 3. The van der Waals surface area contributed by atoms with Gasteiger partial charge in [0, 0.05) is 13.1 Å². The van der Waals surface area contributed by atoms with Crippen LogP contribution in [0.5, 0.6) is 0 Å². The first-order valence-corrected chi connectivity index (χ1v) is 6.74. The summed E-state index contributed by atoms with van der Waals surface area (Å²) < 4.78 is 3.80. The summed E-state index contributed by atoms with van der Waals surface area (Å²) in [6, 6.07) is 0. The number of aliphatic carboxylic acids is 1. The Morgan fingerprint density at radius 2 is 2.11 bits per heavy atom. The average molecular weight is 269 g/mol. The molecule has 1 amide bonds. The molecule has 0 unspecified atom stereocenters. The van der Waals surface area contributed by atoms with E-state index in [-0.39, 0.29) is 11.8 Å². The van der Waals surface area contributed by atoms with Gasteiger partial charge in [-0.1, -0.05) is 11.4 Å². The number of amides is 1. The molecule has 0 bridgehead atoms. The second-order valence-corrected chi connectivity index (χ2v) is 5.06. The summed E-state index contributed by atoms with van der Waals surface area (Å²) in [4.78, 5) is 25.4. The Kier molecular flexibility index (Phi) is 3.90. The number of carbonyl (C=O) groups excluding carboxylic acids is 1. The molecule has 2 heterocycles. The van der Waals surface area contributed by atoms with E-state index >= 15 is 0 Å². The summed E-state index contributed by atoms with van der Waals surface area (Å²) >= 11 is 1.11. The fourth-order valence-electron chi connectivity index (χ4n) is 2.08. The summed E-state index contributed by atoms with van der Waals surface area (Å²) in [6.45, 7) is 2.93. The normalized spacial score (nSPS) is 16.8. The van der Waals surface area contributed by atoms with Crippen molar-refractivity contribution < 1.29 is 14.7 Å². The third kappa shape index (κ3) is 2.50. The minimum atomic E-state index is -0.768. The third-order valence-corrected chi connectivity index (χ3v) is 3.97. The Labute approximate surface area is 109 Å². The van der Waals surface area contributed by atoms with E-state index in [0.717, 1.165) is 17.2 Å². The lowest BCUT2D eigenvalue weighted by Crippen LogP contribution is -2.40. The second-order valence-electron chi connectivity index (χ2n) is 4.31. The maximum absolute atomic E-state index is 12.2. The highest BCUT2D eigenvalue weighted by molar-refractivity contribution is 7.08. The van der Waals surface area contributed by atoms with Gasteiger partial charge in [-0.25, -0.2) is 0 Å². The lowest BCUT2D eigenvalue weighted by molar-refractivity contribution is -0.143. The van der Waals surface area contributed by atoms with Gasteiger partial charge in [0.05, 0.1) is 11.6 Å². The Balaban J connectivity index is 2.02. The van der Waals surface area contributed by atoms with Crippen molar-refractivity contribution in [3.8, 4) is 0 Å². The third-order valence-electron chi connectivity index (χ3n) is 3.22. The molecule has 1 aromatic rings. The minimum Gasteiger partial charge on any atom is -0.481 e. The Morgan fingerprint density at radius 1 is 1.44 bits per heavy atom. The number of carbonyl (C=O) groups is 2. The smallest absolute Gasteiger partial charge is 0.306 e. The van der Waals surface area contributed by atoms with Gasteiger partial charge in [0.1, 0.15) is 4.88 Å². The molecule has 1 aliphatic rings. The highest BCUT2D eigenvalue weighted by Gasteiger charge is 2.29. The van der Waals surface area contributed by atoms with Gasteiger partial charge in [0.25, 0.3) is 5.91 Å². The first-order valence-electron chi connectivity index (χ1n) is 5.96. The predicted molar refractivity (Wildman–Crippen MR) is 65.6 cm³/mol. The quantitative estimate of drug-likeness (QED) is 0.886. The fourth-order valence-corrected chi connectivity index (χ4v) is 2.79. The number of likely N-dealkylation sites (tertiary alicyclic amines) is 1. The Hall–Kier alpha value is -1.50. The van der Waals surface area contributed by atoms with Crippen molar-refractivity contribution in [2.75, 3.05) is 13.1 Å². The van der Waals surface area contributed by atoms with E-state index in [2.05, 4.69) is 9.59 Å². The molecule has 7 heteroatoms. The van der Waals surface area contributed by atoms with Gasteiger partial charge in [0.15, 0.2) is 0 Å². The van der Waals surface area contributed by atoms with Gasteiger partial charge in [-0.05, 0) is 30.8 Å². The molecule has 1 saturated heterocycles. The predicted octanol–water partition coefficient (Wildman–Crippen LogP) is 1.04. The van der Waals surface area contributed by atoms with Gasteiger partial charge in [0.2, 0.25) is 0 Å². The van der Waals surface area contributed by atoms with Crippen molar-refractivity contribution >= 4 is 23.4 Å². The molecule has 0 aromatic carbocycles. The SMILES string of the molecule is CCc1nnsc1C(=O)N1CCC(C(=O)O)CC1. The largest absolute Gasteiger partial charge is 0.481 e. The van der Waals surface area contributed by atoms with Crippen LogP contribution in [0.2, 0.25) is 0 Å². The van der Waals surface area contributed by atoms with Crippen LogP contribution in [0.4, 0.5) is 0 Å². The average Bonchev–Trinajstić information content (AvgIpc) is 2.86. The molecule has 1 aromatic heterocycles. The van der Waals surface area contributed by atoms with Crippen molar-refractivity contribution in [1.82, 2.24) is 14.5 Å². The molecule has 18 heavy (non-hydrogen) atoms. The summed E-state index contributed by atoms with van der Waals surface area (Å²) in [7, 11) is 0. The summed E-state index contributed by atoms with van der Waals surface area (Å²) in [5, 5.41) is 12.8. The fraction of sp³-hybridized carbons (Fsp3) is 0.636. The number of hydrogen-bond acceptors (Lipinski definition) is 5. The summed E-state index contributed by atoms with van der Waals surface area (Å²) in [6.07, 6.45) is 1.73. The van der Waals surface area contributed by atoms with Crippen LogP contribution in [0.15, 0.2) is 0 Å². The zero-order valence-electron chi connectivity index (χ0n) is 10.1. The highest BCUT2D eigenvalue weighted by Crippen LogP contribution is 2.21. The summed E-state index contributed by atoms with van der Waals surface area (Å²) in [5.74, 6) is -1.15. The molecular weight excluding hydrogens is 254 g/mol. The molecule has 2 rings (SSSR count). The molecule has 0 aliphatic carbocycles. The maximum Gasteiger partial charge on any atom is 0.306 e. The number of hydrogen-bond donors (Lipinski definition) is 1. The molecule has 0 saturated carbocycles. The summed E-state index contributed by atoms with van der Waals surface area (Å²) in [5.41, 5.74) is 0.727. The van der Waals surface area contributed by atoms with Crippen LogP contribution in [0, 0.1) is 5.92 Å². The van der Waals surface area contributed by atoms with Crippen molar-refractivity contribution in [2.45, 2.75) is 26.2 Å². The number of aryl methyl sites for hydroxylation is 1. The molecule has 0 spiro atoms. The number of piperidine rings is 1. The van der Waals surface area contributed by atoms with Gasteiger partial charge < -0.3 is 10.0 Å². The molecule has 1 fully saturated rings. The van der Waals surface area contributed by atoms with Crippen LogP contribution >= 0.6 is 11.5 Å². The van der Waals surface area contributed by atoms with E-state index in [4.69, 9.17) is 5.11 Å². The number of carboxylic acids is 1. The van der Waals surface area contributed by atoms with Crippen molar-refractivity contribution in [2.24, 2.45) is 5.92 Å². The van der Waals surface area contributed by atoms with E-state index in [0.29, 0.717) is 37.2 Å². The van der Waals surface area contributed by atoms with E-state index in [9.17, 15) is 9.59 Å². The second kappa shape index (κ2) is 5.43. The van der Waals surface area contributed by atoms with E-state index in [1.54, 1.807) is 4.90 Å². The molecule has 0 radical (unpaired) electrons. The molecular formula is C11H15N3O3S. The van der Waals surface area contributed by atoms with Gasteiger partial charge in [-0.3, -0.25) is 9.59 Å². The molecule has 1 N–H and O–H groups in total. The van der Waals surface area contributed by atoms with Crippen molar-refractivity contribution in [1.29, 1.82) is 0 Å². The molecule has 0 atom stereocenters. The Bertz CT molecular complexity index is 452. The van der Waals surface area contributed by atoms with Gasteiger partial charge in [-0.15, -0.1) is 5.10 Å². The van der Waals surface area contributed by atoms with Crippen LogP contribution in [-0.4, -0.2) is 44.6 Å². The topological polar surface area (TPSA) is 83.4 Å². The van der Waals surface area contributed by atoms with Crippen molar-refractivity contribution in [3.63, 3.8) is 0 Å². The lowest BCUT2D eigenvalue weighted by atomic mass is 9.97. The molecule has 1 aliphatic heterocycles. The van der Waals surface area contributed by atoms with Crippen LogP contribution in [-0.2, 0) is 11.2 Å². The van der Waals surface area contributed by atoms with Gasteiger partial charge >= 0.3 is 5.97 Å². The van der Waals surface area contributed by atoms with Crippen molar-refractivity contribution in [3.05, 3.63) is 10.6 Å². The van der Waals surface area contributed by atoms with Crippen LogP contribution < -0.4 is 0 Å². The molecule has 98 valence electrons. The lowest BCUT2D eigenvalue weighted by Gasteiger charge is -2.29. The first-order chi connectivity index (χ1) is 8.63. The monoisotopic (exact) mass is 269 g/mol. The first kappa shape index (κ1) is 12.9. The standard InChI is InChI=1S/C11H15N3O3S/c1-2-8-9(18-13-12-8)10(15)14-5-3-7(4-6-14)11(16)17/h7H,2-6H2,1H3,(H,16,17). The molecule has 6 nitrogen and oxygen atoms in total. The minimum absolute atomic E-state index is 0.0642. The van der Waals surface area contributed by atoms with Gasteiger partial charge in [-0.2, -0.15) is 0 Å². The Morgan fingerprint density at radius 3 is 2.67 bits per heavy atom. The van der Waals surface area contributed by atoms with Crippen LogP contribution in [0.3, 0.4) is 0 Å². The van der Waals surface area contributed by atoms with Crippen LogP contribution in [0.1, 0.15) is 35.1 Å². The van der Waals surface area contributed by atoms with E-state index in [1.807, 2.05) is 6.92 Å². The van der Waals surface area contributed by atoms with Crippen LogP contribution in [0.25, 0.3) is 0 Å². The van der Waals surface area contributed by atoms with E-state index < -0.39 is 5.97 Å². The number of carboxylic acid groups (broad SMARTS) is 1. The van der Waals surface area contributed by atoms with E-state index in [1.165, 1.54) is 0 Å². The maximum atomic E-state index is 12.2. The zero-order chi connectivity index (χ0) is 13.1.